The largest absolute Gasteiger partial charge is 0.370 e. The van der Waals surface area contributed by atoms with Gasteiger partial charge in [0.1, 0.15) is 0 Å². The Labute approximate surface area is 148 Å². The lowest BCUT2D eigenvalue weighted by Gasteiger charge is -2.05. The van der Waals surface area contributed by atoms with Crippen LogP contribution in [0.5, 0.6) is 0 Å². The number of rotatable bonds is 17. The van der Waals surface area contributed by atoms with Gasteiger partial charge >= 0.3 is 0 Å². The molecule has 0 aliphatic rings. The average Bonchev–Trinajstić information content (AvgIpc) is 2.53. The zero-order valence-corrected chi connectivity index (χ0v) is 15.7. The maximum Gasteiger partial charge on any atom is 0.244 e. The molecule has 2 amide bonds. The average molecular weight is 339 g/mol. The van der Waals surface area contributed by atoms with E-state index in [4.69, 9.17) is 11.5 Å². The predicted molar refractivity (Wildman–Crippen MR) is 101 cm³/mol. The van der Waals surface area contributed by atoms with Gasteiger partial charge in [-0.05, 0) is 32.1 Å². The lowest BCUT2D eigenvalue weighted by molar-refractivity contribution is -0.118. The van der Waals surface area contributed by atoms with Crippen LogP contribution < -0.4 is 11.5 Å². The third-order valence-electron chi connectivity index (χ3n) is 4.38. The number of allylic oxidation sites excluding steroid dienone is 1. The van der Waals surface area contributed by atoms with Gasteiger partial charge in [0, 0.05) is 12.0 Å². The summed E-state index contributed by atoms with van der Waals surface area (Å²) < 4.78 is 0. The molecule has 0 aliphatic carbocycles. The van der Waals surface area contributed by atoms with Gasteiger partial charge in [-0.1, -0.05) is 70.8 Å². The van der Waals surface area contributed by atoms with Crippen molar-refractivity contribution in [1.82, 2.24) is 0 Å². The second kappa shape index (κ2) is 16.5. The van der Waals surface area contributed by atoms with Crippen molar-refractivity contribution < 1.29 is 9.59 Å². The smallest absolute Gasteiger partial charge is 0.244 e. The molecule has 0 heterocycles. The highest BCUT2D eigenvalue weighted by atomic mass is 16.1. The van der Waals surface area contributed by atoms with E-state index in [9.17, 15) is 9.59 Å². The van der Waals surface area contributed by atoms with E-state index in [0.29, 0.717) is 6.42 Å². The molecule has 0 aromatic heterocycles. The highest BCUT2D eigenvalue weighted by molar-refractivity contribution is 5.91. The van der Waals surface area contributed by atoms with E-state index in [-0.39, 0.29) is 11.8 Å². The summed E-state index contributed by atoms with van der Waals surface area (Å²) in [7, 11) is 0. The first-order valence-corrected chi connectivity index (χ1v) is 9.85. The van der Waals surface area contributed by atoms with Crippen molar-refractivity contribution >= 4 is 11.8 Å². The molecule has 0 bridgehead atoms. The fourth-order valence-corrected chi connectivity index (χ4v) is 2.85. The molecule has 0 aliphatic heterocycles. The molecule has 0 aromatic rings. The Kier molecular flexibility index (Phi) is 15.6. The van der Waals surface area contributed by atoms with Gasteiger partial charge < -0.3 is 11.5 Å². The standard InChI is InChI=1S/C20H38N2O2/c1-2-3-4-12-15-18(20(22)24)16-13-10-8-6-5-7-9-11-14-17-19(21)23/h15H,2-14,16-17H2,1H3,(H2,21,23)(H2,22,24). The highest BCUT2D eigenvalue weighted by Gasteiger charge is 2.04. The maximum absolute atomic E-state index is 11.4. The Balaban J connectivity index is 3.52. The molecular weight excluding hydrogens is 300 g/mol. The van der Waals surface area contributed by atoms with Crippen molar-refractivity contribution in [3.8, 4) is 0 Å². The van der Waals surface area contributed by atoms with Crippen LogP contribution in [0.2, 0.25) is 0 Å². The first-order chi connectivity index (χ1) is 11.6. The van der Waals surface area contributed by atoms with Crippen LogP contribution in [-0.4, -0.2) is 11.8 Å². The van der Waals surface area contributed by atoms with Crippen LogP contribution in [-0.2, 0) is 9.59 Å². The molecule has 0 atom stereocenters. The molecule has 4 N–H and O–H groups in total. The monoisotopic (exact) mass is 338 g/mol. The first kappa shape index (κ1) is 22.7. The van der Waals surface area contributed by atoms with E-state index < -0.39 is 0 Å². The fourth-order valence-electron chi connectivity index (χ4n) is 2.85. The lowest BCUT2D eigenvalue weighted by atomic mass is 10.0. The normalized spacial score (nSPS) is 11.6. The molecule has 24 heavy (non-hydrogen) atoms. The van der Waals surface area contributed by atoms with Gasteiger partial charge in [-0.3, -0.25) is 9.59 Å². The van der Waals surface area contributed by atoms with Crippen LogP contribution in [0.3, 0.4) is 0 Å². The summed E-state index contributed by atoms with van der Waals surface area (Å²) in [4.78, 5) is 22.0. The van der Waals surface area contributed by atoms with E-state index in [0.717, 1.165) is 44.1 Å². The predicted octanol–water partition coefficient (Wildman–Crippen LogP) is 4.75. The van der Waals surface area contributed by atoms with Crippen LogP contribution in [0.4, 0.5) is 0 Å². The van der Waals surface area contributed by atoms with Crippen molar-refractivity contribution in [2.75, 3.05) is 0 Å². The third kappa shape index (κ3) is 15.6. The molecule has 0 rings (SSSR count). The summed E-state index contributed by atoms with van der Waals surface area (Å²) in [6, 6.07) is 0. The molecule has 0 aromatic carbocycles. The number of unbranched alkanes of at least 4 members (excludes halogenated alkanes) is 11. The minimum atomic E-state index is -0.248. The van der Waals surface area contributed by atoms with E-state index in [1.54, 1.807) is 0 Å². The summed E-state index contributed by atoms with van der Waals surface area (Å²) in [5.41, 5.74) is 11.4. The Hall–Kier alpha value is -1.32. The third-order valence-corrected chi connectivity index (χ3v) is 4.38. The Morgan fingerprint density at radius 1 is 0.708 bits per heavy atom. The number of amides is 2. The summed E-state index contributed by atoms with van der Waals surface area (Å²) in [6.45, 7) is 2.18. The van der Waals surface area contributed by atoms with Crippen LogP contribution >= 0.6 is 0 Å². The fraction of sp³-hybridized carbons (Fsp3) is 0.800. The Morgan fingerprint density at radius 2 is 1.21 bits per heavy atom. The van der Waals surface area contributed by atoms with Crippen molar-refractivity contribution in [2.45, 2.75) is 103 Å². The molecule has 0 radical (unpaired) electrons. The first-order valence-electron chi connectivity index (χ1n) is 9.85. The highest BCUT2D eigenvalue weighted by Crippen LogP contribution is 2.14. The van der Waals surface area contributed by atoms with E-state index in [1.165, 1.54) is 51.4 Å². The van der Waals surface area contributed by atoms with Gasteiger partial charge in [-0.2, -0.15) is 0 Å². The number of carbonyl (C=O) groups excluding carboxylic acids is 2. The van der Waals surface area contributed by atoms with Crippen LogP contribution in [0, 0.1) is 0 Å². The van der Waals surface area contributed by atoms with E-state index in [2.05, 4.69) is 6.92 Å². The summed E-state index contributed by atoms with van der Waals surface area (Å²) in [5, 5.41) is 0. The van der Waals surface area contributed by atoms with Crippen molar-refractivity contribution in [2.24, 2.45) is 11.5 Å². The second-order valence-corrected chi connectivity index (χ2v) is 6.74. The zero-order chi connectivity index (χ0) is 18.0. The van der Waals surface area contributed by atoms with Crippen molar-refractivity contribution in [3.05, 3.63) is 11.6 Å². The quantitative estimate of drug-likeness (QED) is 0.296. The number of carbonyl (C=O) groups is 2. The topological polar surface area (TPSA) is 86.2 Å². The van der Waals surface area contributed by atoms with Gasteiger partial charge in [0.05, 0.1) is 0 Å². The molecule has 0 unspecified atom stereocenters. The number of nitrogens with two attached hydrogens (primary N) is 2. The van der Waals surface area contributed by atoms with Gasteiger partial charge in [-0.25, -0.2) is 0 Å². The van der Waals surface area contributed by atoms with Gasteiger partial charge in [0.15, 0.2) is 0 Å². The molecule has 4 heteroatoms. The van der Waals surface area contributed by atoms with Gasteiger partial charge in [0.2, 0.25) is 11.8 Å². The molecular formula is C20H38N2O2. The Morgan fingerprint density at radius 3 is 1.67 bits per heavy atom. The second-order valence-electron chi connectivity index (χ2n) is 6.74. The molecule has 0 saturated heterocycles. The zero-order valence-electron chi connectivity index (χ0n) is 15.7. The van der Waals surface area contributed by atoms with Gasteiger partial charge in [0.25, 0.3) is 0 Å². The van der Waals surface area contributed by atoms with Crippen LogP contribution in [0.1, 0.15) is 103 Å². The van der Waals surface area contributed by atoms with Crippen LogP contribution in [0.25, 0.3) is 0 Å². The summed E-state index contributed by atoms with van der Waals surface area (Å²) in [6.07, 6.45) is 18.3. The van der Waals surface area contributed by atoms with Crippen LogP contribution in [0.15, 0.2) is 11.6 Å². The SMILES string of the molecule is CCCCCC=C(CCCCCCCCCCCC(N)=O)C(N)=O. The number of hydrogen-bond acceptors (Lipinski definition) is 2. The number of primary amides is 2. The molecule has 0 fully saturated rings. The van der Waals surface area contributed by atoms with E-state index in [1.807, 2.05) is 6.08 Å². The Bertz CT molecular complexity index is 365. The summed E-state index contributed by atoms with van der Waals surface area (Å²) in [5.74, 6) is -0.438. The van der Waals surface area contributed by atoms with Crippen molar-refractivity contribution in [3.63, 3.8) is 0 Å². The van der Waals surface area contributed by atoms with E-state index >= 15 is 0 Å². The number of hydrogen-bond donors (Lipinski definition) is 2. The molecule has 0 saturated carbocycles. The minimum absolute atomic E-state index is 0.190. The summed E-state index contributed by atoms with van der Waals surface area (Å²) >= 11 is 0. The minimum Gasteiger partial charge on any atom is -0.370 e. The maximum atomic E-state index is 11.4. The lowest BCUT2D eigenvalue weighted by Crippen LogP contribution is -2.14. The molecule has 4 nitrogen and oxygen atoms in total. The molecule has 140 valence electrons. The molecule has 0 spiro atoms. The van der Waals surface area contributed by atoms with Crippen molar-refractivity contribution in [1.29, 1.82) is 0 Å². The van der Waals surface area contributed by atoms with Gasteiger partial charge in [-0.15, -0.1) is 0 Å².